The fraction of sp³-hybridized carbons (Fsp3) is 0.444. The average molecular weight is 482 g/mol. The first-order valence-electron chi connectivity index (χ1n) is 11.9. The Morgan fingerprint density at radius 2 is 1.77 bits per heavy atom. The van der Waals surface area contributed by atoms with Gasteiger partial charge in [0.15, 0.2) is 0 Å². The molecule has 0 saturated heterocycles. The Bertz CT molecular complexity index is 1080. The van der Waals surface area contributed by atoms with Crippen molar-refractivity contribution >= 4 is 23.6 Å². The van der Waals surface area contributed by atoms with Crippen LogP contribution in [0.2, 0.25) is 0 Å². The van der Waals surface area contributed by atoms with Crippen molar-refractivity contribution in [1.29, 1.82) is 0 Å². The molecular weight excluding hydrogens is 446 g/mol. The minimum atomic E-state index is -1.05. The molecule has 0 fully saturated rings. The molecule has 0 radical (unpaired) electrons. The predicted molar refractivity (Wildman–Crippen MR) is 134 cm³/mol. The number of carbonyl (C=O) groups excluding carboxylic acids is 3. The molecule has 0 bridgehead atoms. The lowest BCUT2D eigenvalue weighted by Crippen LogP contribution is -2.56. The molecule has 3 N–H and O–H groups in total. The zero-order valence-corrected chi connectivity index (χ0v) is 21.0. The standard InChI is InChI=1S/C27H35N3O5/c1-17(2)30-22-12-8-6-10-18(22)14-15-20(25(30)33)28-24(32)21(29-26(34)35-27(3,4)5)16-19-11-7-9-13-23(19)31/h6-13,17,20-21,31H,14-16H2,1-5H3,(H,28,32)(H,29,34)/t20-,21-/m1/s1. The van der Waals surface area contributed by atoms with Crippen LogP contribution in [0.3, 0.4) is 0 Å². The molecule has 0 aliphatic carbocycles. The molecule has 0 spiro atoms. The molecule has 0 unspecified atom stereocenters. The Kier molecular flexibility index (Phi) is 8.04. The van der Waals surface area contributed by atoms with Crippen molar-refractivity contribution in [3.63, 3.8) is 0 Å². The SMILES string of the molecule is CC(C)N1C(=O)[C@H](NC(=O)[C@@H](Cc2ccccc2O)NC(=O)OC(C)(C)C)CCc2ccccc21. The molecule has 188 valence electrons. The van der Waals surface area contributed by atoms with E-state index in [1.807, 2.05) is 38.1 Å². The van der Waals surface area contributed by atoms with Crippen LogP contribution < -0.4 is 15.5 Å². The van der Waals surface area contributed by atoms with Crippen molar-refractivity contribution in [2.45, 2.75) is 77.6 Å². The van der Waals surface area contributed by atoms with Crippen LogP contribution in [0.5, 0.6) is 5.75 Å². The van der Waals surface area contributed by atoms with Crippen LogP contribution in [-0.2, 0) is 27.2 Å². The average Bonchev–Trinajstić information content (AvgIpc) is 2.90. The number of fused-ring (bicyclic) bond motifs is 1. The molecular formula is C27H35N3O5. The highest BCUT2D eigenvalue weighted by Crippen LogP contribution is 2.29. The number of ether oxygens (including phenoxy) is 1. The first kappa shape index (κ1) is 26.1. The van der Waals surface area contributed by atoms with E-state index in [0.29, 0.717) is 18.4 Å². The zero-order chi connectivity index (χ0) is 25.8. The maximum absolute atomic E-state index is 13.5. The maximum atomic E-state index is 13.5. The molecule has 0 aromatic heterocycles. The Labute approximate surface area is 206 Å². The highest BCUT2D eigenvalue weighted by Gasteiger charge is 2.35. The lowest BCUT2D eigenvalue weighted by Gasteiger charge is -2.30. The van der Waals surface area contributed by atoms with Gasteiger partial charge in [-0.1, -0.05) is 36.4 Å². The summed E-state index contributed by atoms with van der Waals surface area (Å²) in [5, 5.41) is 15.7. The van der Waals surface area contributed by atoms with Crippen LogP contribution >= 0.6 is 0 Å². The first-order valence-corrected chi connectivity index (χ1v) is 11.9. The van der Waals surface area contributed by atoms with E-state index in [0.717, 1.165) is 11.3 Å². The van der Waals surface area contributed by atoms with Crippen LogP contribution in [0.1, 0.15) is 52.2 Å². The van der Waals surface area contributed by atoms with Gasteiger partial charge in [-0.2, -0.15) is 0 Å². The third-order valence-electron chi connectivity index (χ3n) is 5.75. The molecule has 8 heteroatoms. The largest absolute Gasteiger partial charge is 0.508 e. The Hall–Kier alpha value is -3.55. The summed E-state index contributed by atoms with van der Waals surface area (Å²) < 4.78 is 5.34. The lowest BCUT2D eigenvalue weighted by molar-refractivity contribution is -0.129. The summed E-state index contributed by atoms with van der Waals surface area (Å²) in [5.74, 6) is -0.702. The van der Waals surface area contributed by atoms with E-state index in [2.05, 4.69) is 10.6 Å². The summed E-state index contributed by atoms with van der Waals surface area (Å²) in [7, 11) is 0. The summed E-state index contributed by atoms with van der Waals surface area (Å²) >= 11 is 0. The van der Waals surface area contributed by atoms with Gasteiger partial charge >= 0.3 is 6.09 Å². The van der Waals surface area contributed by atoms with Crippen molar-refractivity contribution in [1.82, 2.24) is 10.6 Å². The number of hydrogen-bond donors (Lipinski definition) is 3. The molecule has 3 rings (SSSR count). The van der Waals surface area contributed by atoms with Gasteiger partial charge in [0.1, 0.15) is 23.4 Å². The number of alkyl carbamates (subject to hydrolysis) is 1. The predicted octanol–water partition coefficient (Wildman–Crippen LogP) is 3.70. The van der Waals surface area contributed by atoms with Gasteiger partial charge in [0.25, 0.3) is 0 Å². The van der Waals surface area contributed by atoms with Crippen LogP contribution in [0.15, 0.2) is 48.5 Å². The highest BCUT2D eigenvalue weighted by molar-refractivity contribution is 6.01. The number of para-hydroxylation sites is 2. The van der Waals surface area contributed by atoms with Crippen LogP contribution in [-0.4, -0.2) is 46.7 Å². The summed E-state index contributed by atoms with van der Waals surface area (Å²) in [6.45, 7) is 9.06. The molecule has 8 nitrogen and oxygen atoms in total. The number of phenols is 1. The van der Waals surface area contributed by atoms with Crippen molar-refractivity contribution < 1.29 is 24.2 Å². The van der Waals surface area contributed by atoms with Gasteiger partial charge in [0.2, 0.25) is 11.8 Å². The number of hydrogen-bond acceptors (Lipinski definition) is 5. The molecule has 2 aromatic carbocycles. The number of aryl methyl sites for hydroxylation is 1. The lowest BCUT2D eigenvalue weighted by atomic mass is 10.0. The van der Waals surface area contributed by atoms with Gasteiger partial charge < -0.3 is 25.4 Å². The first-order chi connectivity index (χ1) is 16.5. The fourth-order valence-corrected chi connectivity index (χ4v) is 4.17. The number of benzene rings is 2. The minimum Gasteiger partial charge on any atom is -0.508 e. The van der Waals surface area contributed by atoms with Gasteiger partial charge in [-0.15, -0.1) is 0 Å². The number of carbonyl (C=O) groups is 3. The van der Waals surface area contributed by atoms with Crippen LogP contribution in [0.4, 0.5) is 10.5 Å². The number of nitrogens with one attached hydrogen (secondary N) is 2. The smallest absolute Gasteiger partial charge is 0.408 e. The van der Waals surface area contributed by atoms with Gasteiger partial charge in [-0.3, -0.25) is 9.59 Å². The normalized spacial score (nSPS) is 16.8. The van der Waals surface area contributed by atoms with E-state index in [1.165, 1.54) is 6.07 Å². The molecule has 2 aromatic rings. The number of anilines is 1. The van der Waals surface area contributed by atoms with Crippen molar-refractivity contribution in [2.24, 2.45) is 0 Å². The number of aromatic hydroxyl groups is 1. The van der Waals surface area contributed by atoms with Gasteiger partial charge in [0.05, 0.1) is 0 Å². The quantitative estimate of drug-likeness (QED) is 0.583. The van der Waals surface area contributed by atoms with Gasteiger partial charge in [-0.25, -0.2) is 4.79 Å². The molecule has 3 amide bonds. The molecule has 1 aliphatic heterocycles. The van der Waals surface area contributed by atoms with Crippen molar-refractivity contribution in [2.75, 3.05) is 4.90 Å². The fourth-order valence-electron chi connectivity index (χ4n) is 4.17. The van der Waals surface area contributed by atoms with Crippen molar-refractivity contribution in [3.8, 4) is 5.75 Å². The molecule has 1 aliphatic rings. The summed E-state index contributed by atoms with van der Waals surface area (Å²) in [6.07, 6.45) is 0.337. The summed E-state index contributed by atoms with van der Waals surface area (Å²) in [5.41, 5.74) is 1.64. The van der Waals surface area contributed by atoms with E-state index in [9.17, 15) is 19.5 Å². The second-order valence-electron chi connectivity index (χ2n) is 10.1. The number of nitrogens with zero attached hydrogens (tertiary/aromatic N) is 1. The van der Waals surface area contributed by atoms with E-state index >= 15 is 0 Å². The Balaban J connectivity index is 1.83. The number of amides is 3. The van der Waals surface area contributed by atoms with E-state index in [-0.39, 0.29) is 24.1 Å². The summed E-state index contributed by atoms with van der Waals surface area (Å²) in [4.78, 5) is 41.1. The number of phenolic OH excluding ortho intramolecular Hbond substituents is 1. The van der Waals surface area contributed by atoms with Crippen LogP contribution in [0.25, 0.3) is 0 Å². The summed E-state index contributed by atoms with van der Waals surface area (Å²) in [6, 6.07) is 12.5. The van der Waals surface area contributed by atoms with Gasteiger partial charge in [0, 0.05) is 18.2 Å². The third-order valence-corrected chi connectivity index (χ3v) is 5.75. The topological polar surface area (TPSA) is 108 Å². The second-order valence-corrected chi connectivity index (χ2v) is 10.1. The maximum Gasteiger partial charge on any atom is 0.408 e. The van der Waals surface area contributed by atoms with Crippen LogP contribution in [0, 0.1) is 0 Å². The van der Waals surface area contributed by atoms with E-state index in [4.69, 9.17) is 4.74 Å². The zero-order valence-electron chi connectivity index (χ0n) is 21.0. The molecule has 0 saturated carbocycles. The molecule has 2 atom stereocenters. The Morgan fingerprint density at radius 1 is 1.11 bits per heavy atom. The van der Waals surface area contributed by atoms with E-state index < -0.39 is 29.7 Å². The highest BCUT2D eigenvalue weighted by atomic mass is 16.6. The monoisotopic (exact) mass is 481 g/mol. The molecule has 1 heterocycles. The molecule has 35 heavy (non-hydrogen) atoms. The number of rotatable bonds is 6. The van der Waals surface area contributed by atoms with Gasteiger partial charge in [-0.05, 0) is 70.7 Å². The minimum absolute atomic E-state index is 0.0169. The van der Waals surface area contributed by atoms with E-state index in [1.54, 1.807) is 43.9 Å². The third kappa shape index (κ3) is 6.74. The van der Waals surface area contributed by atoms with Crippen molar-refractivity contribution in [3.05, 3.63) is 59.7 Å². The Morgan fingerprint density at radius 3 is 2.43 bits per heavy atom. The second kappa shape index (κ2) is 10.8.